The van der Waals surface area contributed by atoms with E-state index >= 15 is 0 Å². The molecule has 0 bridgehead atoms. The van der Waals surface area contributed by atoms with E-state index in [2.05, 4.69) is 10.3 Å². The van der Waals surface area contributed by atoms with Crippen molar-refractivity contribution < 1.29 is 9.47 Å². The van der Waals surface area contributed by atoms with E-state index in [1.165, 1.54) is 0 Å². The first-order chi connectivity index (χ1) is 9.31. The number of benzene rings is 1. The second-order valence-corrected chi connectivity index (χ2v) is 4.03. The van der Waals surface area contributed by atoms with Crippen LogP contribution in [0.2, 0.25) is 0 Å². The Morgan fingerprint density at radius 3 is 2.58 bits per heavy atom. The Morgan fingerprint density at radius 2 is 1.89 bits per heavy atom. The third-order valence-corrected chi connectivity index (χ3v) is 2.63. The molecule has 0 saturated heterocycles. The molecule has 100 valence electrons. The predicted molar refractivity (Wildman–Crippen MR) is 75.7 cm³/mol. The molecule has 0 aliphatic carbocycles. The zero-order valence-corrected chi connectivity index (χ0v) is 11.2. The Balaban J connectivity index is 1.95. The highest BCUT2D eigenvalue weighted by Crippen LogP contribution is 2.15. The van der Waals surface area contributed by atoms with Crippen LogP contribution in [0, 0.1) is 0 Å². The molecule has 0 aliphatic heterocycles. The van der Waals surface area contributed by atoms with Crippen LogP contribution >= 0.6 is 0 Å². The molecule has 0 unspecified atom stereocenters. The summed E-state index contributed by atoms with van der Waals surface area (Å²) in [4.78, 5) is 4.35. The number of ether oxygens (including phenoxy) is 2. The lowest BCUT2D eigenvalue weighted by atomic mass is 10.2. The van der Waals surface area contributed by atoms with Gasteiger partial charge >= 0.3 is 0 Å². The third-order valence-electron chi connectivity index (χ3n) is 2.63. The molecule has 1 aromatic carbocycles. The number of pyridine rings is 1. The fourth-order valence-electron chi connectivity index (χ4n) is 1.65. The van der Waals surface area contributed by atoms with E-state index < -0.39 is 0 Å². The van der Waals surface area contributed by atoms with Crippen molar-refractivity contribution in [1.82, 2.24) is 4.98 Å². The maximum atomic E-state index is 5.66. The lowest BCUT2D eigenvalue weighted by Crippen LogP contribution is -2.02. The van der Waals surface area contributed by atoms with Crippen LogP contribution in [-0.4, -0.2) is 18.6 Å². The molecule has 0 radical (unpaired) electrons. The molecule has 0 aliphatic rings. The largest absolute Gasteiger partial charge is 0.497 e. The van der Waals surface area contributed by atoms with Gasteiger partial charge in [-0.25, -0.2) is 0 Å². The standard InChI is InChI=1S/C15H18N2O2/c1-3-16-14-5-4-6-15(17-14)19-11-12-7-9-13(18-2)10-8-12/h4-10H,3,11H2,1-2H3,(H,16,17). The maximum absolute atomic E-state index is 5.66. The van der Waals surface area contributed by atoms with Gasteiger partial charge in [0.05, 0.1) is 7.11 Å². The number of aromatic nitrogens is 1. The van der Waals surface area contributed by atoms with Gasteiger partial charge in [-0.05, 0) is 30.7 Å². The van der Waals surface area contributed by atoms with E-state index in [9.17, 15) is 0 Å². The monoisotopic (exact) mass is 258 g/mol. The summed E-state index contributed by atoms with van der Waals surface area (Å²) in [7, 11) is 1.65. The molecule has 2 rings (SSSR count). The summed E-state index contributed by atoms with van der Waals surface area (Å²) < 4.78 is 10.8. The highest BCUT2D eigenvalue weighted by atomic mass is 16.5. The van der Waals surface area contributed by atoms with E-state index in [1.807, 2.05) is 49.4 Å². The van der Waals surface area contributed by atoms with E-state index in [-0.39, 0.29) is 0 Å². The van der Waals surface area contributed by atoms with Crippen LogP contribution in [0.3, 0.4) is 0 Å². The average Bonchev–Trinajstić information content (AvgIpc) is 2.46. The van der Waals surface area contributed by atoms with Gasteiger partial charge in [0.2, 0.25) is 5.88 Å². The van der Waals surface area contributed by atoms with Gasteiger partial charge in [-0.3, -0.25) is 0 Å². The van der Waals surface area contributed by atoms with Crippen molar-refractivity contribution in [2.24, 2.45) is 0 Å². The quantitative estimate of drug-likeness (QED) is 0.864. The van der Waals surface area contributed by atoms with Gasteiger partial charge in [0.1, 0.15) is 18.2 Å². The number of hydrogen-bond donors (Lipinski definition) is 1. The van der Waals surface area contributed by atoms with Crippen molar-refractivity contribution in [2.75, 3.05) is 19.0 Å². The molecule has 1 aromatic heterocycles. The van der Waals surface area contributed by atoms with Crippen LogP contribution in [0.1, 0.15) is 12.5 Å². The molecular weight excluding hydrogens is 240 g/mol. The van der Waals surface area contributed by atoms with Gasteiger partial charge in [0.25, 0.3) is 0 Å². The van der Waals surface area contributed by atoms with Gasteiger partial charge < -0.3 is 14.8 Å². The minimum atomic E-state index is 0.493. The van der Waals surface area contributed by atoms with Crippen LogP contribution in [0.15, 0.2) is 42.5 Å². The summed E-state index contributed by atoms with van der Waals surface area (Å²) in [6.07, 6.45) is 0. The molecule has 2 aromatic rings. The van der Waals surface area contributed by atoms with E-state index in [0.717, 1.165) is 23.7 Å². The van der Waals surface area contributed by atoms with Crippen molar-refractivity contribution in [3.63, 3.8) is 0 Å². The summed E-state index contributed by atoms with van der Waals surface area (Å²) in [6, 6.07) is 13.5. The fraction of sp³-hybridized carbons (Fsp3) is 0.267. The Labute approximate surface area is 113 Å². The minimum Gasteiger partial charge on any atom is -0.497 e. The van der Waals surface area contributed by atoms with Gasteiger partial charge in [0.15, 0.2) is 0 Å². The number of methoxy groups -OCH3 is 1. The average molecular weight is 258 g/mol. The zero-order valence-electron chi connectivity index (χ0n) is 11.2. The SMILES string of the molecule is CCNc1cccc(OCc2ccc(OC)cc2)n1. The molecule has 1 heterocycles. The maximum Gasteiger partial charge on any atom is 0.215 e. The van der Waals surface area contributed by atoms with Crippen LogP contribution in [0.25, 0.3) is 0 Å². The highest BCUT2D eigenvalue weighted by molar-refractivity contribution is 5.36. The highest BCUT2D eigenvalue weighted by Gasteiger charge is 1.99. The first-order valence-corrected chi connectivity index (χ1v) is 6.28. The molecule has 4 heteroatoms. The molecule has 0 spiro atoms. The van der Waals surface area contributed by atoms with Crippen molar-refractivity contribution in [2.45, 2.75) is 13.5 Å². The third kappa shape index (κ3) is 3.88. The summed E-state index contributed by atoms with van der Waals surface area (Å²) >= 11 is 0. The van der Waals surface area contributed by atoms with Crippen molar-refractivity contribution in [3.8, 4) is 11.6 Å². The number of hydrogen-bond acceptors (Lipinski definition) is 4. The normalized spacial score (nSPS) is 10.0. The number of anilines is 1. The molecule has 0 amide bonds. The molecule has 0 saturated carbocycles. The molecule has 1 N–H and O–H groups in total. The topological polar surface area (TPSA) is 43.4 Å². The molecule has 4 nitrogen and oxygen atoms in total. The summed E-state index contributed by atoms with van der Waals surface area (Å²) in [5.41, 5.74) is 1.08. The van der Waals surface area contributed by atoms with E-state index in [4.69, 9.17) is 9.47 Å². The first-order valence-electron chi connectivity index (χ1n) is 6.28. The Morgan fingerprint density at radius 1 is 1.11 bits per heavy atom. The van der Waals surface area contributed by atoms with Gasteiger partial charge in [-0.2, -0.15) is 4.98 Å². The van der Waals surface area contributed by atoms with Gasteiger partial charge in [-0.1, -0.05) is 18.2 Å². The molecule has 0 fully saturated rings. The van der Waals surface area contributed by atoms with Crippen molar-refractivity contribution >= 4 is 5.82 Å². The Hall–Kier alpha value is -2.23. The van der Waals surface area contributed by atoms with Crippen LogP contribution in [0.5, 0.6) is 11.6 Å². The Bertz CT molecular complexity index is 512. The first kappa shape index (κ1) is 13.2. The number of rotatable bonds is 6. The smallest absolute Gasteiger partial charge is 0.215 e. The summed E-state index contributed by atoms with van der Waals surface area (Å²) in [6.45, 7) is 3.37. The van der Waals surface area contributed by atoms with E-state index in [1.54, 1.807) is 7.11 Å². The van der Waals surface area contributed by atoms with Crippen LogP contribution in [0.4, 0.5) is 5.82 Å². The van der Waals surface area contributed by atoms with Crippen LogP contribution < -0.4 is 14.8 Å². The fourth-order valence-corrected chi connectivity index (χ4v) is 1.65. The summed E-state index contributed by atoms with van der Waals surface area (Å²) in [5, 5.41) is 3.15. The Kier molecular flexibility index (Phi) is 4.61. The van der Waals surface area contributed by atoms with Crippen LogP contribution in [-0.2, 0) is 6.61 Å². The lowest BCUT2D eigenvalue weighted by Gasteiger charge is -2.08. The van der Waals surface area contributed by atoms with E-state index in [0.29, 0.717) is 12.5 Å². The lowest BCUT2D eigenvalue weighted by molar-refractivity contribution is 0.294. The number of nitrogens with one attached hydrogen (secondary N) is 1. The molecule has 19 heavy (non-hydrogen) atoms. The van der Waals surface area contributed by atoms with Crippen molar-refractivity contribution in [1.29, 1.82) is 0 Å². The molecule has 0 atom stereocenters. The second-order valence-electron chi connectivity index (χ2n) is 4.03. The summed E-state index contributed by atoms with van der Waals surface area (Å²) in [5.74, 6) is 2.29. The van der Waals surface area contributed by atoms with Crippen molar-refractivity contribution in [3.05, 3.63) is 48.0 Å². The van der Waals surface area contributed by atoms with Gasteiger partial charge in [0, 0.05) is 12.6 Å². The zero-order chi connectivity index (χ0) is 13.5. The number of nitrogens with zero attached hydrogens (tertiary/aromatic N) is 1. The molecular formula is C15H18N2O2. The second kappa shape index (κ2) is 6.64. The van der Waals surface area contributed by atoms with Gasteiger partial charge in [-0.15, -0.1) is 0 Å². The minimum absolute atomic E-state index is 0.493. The predicted octanol–water partition coefficient (Wildman–Crippen LogP) is 3.10.